The van der Waals surface area contributed by atoms with E-state index in [1.165, 1.54) is 12.1 Å². The Balaban J connectivity index is 1.50. The number of hydrogen-bond acceptors (Lipinski definition) is 4. The molecule has 2 saturated heterocycles. The van der Waals surface area contributed by atoms with Crippen molar-refractivity contribution in [2.75, 3.05) is 39.5 Å². The molecule has 1 amide bonds. The molecular weight excluding hydrogens is 383 g/mol. The number of benzene rings is 2. The van der Waals surface area contributed by atoms with E-state index in [9.17, 15) is 9.18 Å². The zero-order valence-corrected chi connectivity index (χ0v) is 17.3. The van der Waals surface area contributed by atoms with E-state index in [1.54, 1.807) is 11.0 Å². The predicted octanol–water partition coefficient (Wildman–Crippen LogP) is 3.48. The third-order valence-electron chi connectivity index (χ3n) is 5.68. The Kier molecular flexibility index (Phi) is 7.10. The molecule has 2 aromatic rings. The van der Waals surface area contributed by atoms with Crippen LogP contribution in [0.25, 0.3) is 0 Å². The summed E-state index contributed by atoms with van der Waals surface area (Å²) in [7, 11) is 0. The maximum absolute atomic E-state index is 13.7. The first-order valence-electron chi connectivity index (χ1n) is 10.7. The van der Waals surface area contributed by atoms with Gasteiger partial charge < -0.3 is 14.4 Å². The fraction of sp³-hybridized carbons (Fsp3) is 0.458. The highest BCUT2D eigenvalue weighted by molar-refractivity contribution is 5.94. The van der Waals surface area contributed by atoms with Gasteiger partial charge in [-0.1, -0.05) is 24.3 Å². The summed E-state index contributed by atoms with van der Waals surface area (Å²) >= 11 is 0. The molecule has 0 aromatic heterocycles. The molecule has 1 atom stereocenters. The van der Waals surface area contributed by atoms with Crippen molar-refractivity contribution < 1.29 is 18.7 Å². The van der Waals surface area contributed by atoms with Gasteiger partial charge in [0, 0.05) is 44.9 Å². The van der Waals surface area contributed by atoms with Crippen molar-refractivity contribution in [3.63, 3.8) is 0 Å². The van der Waals surface area contributed by atoms with Gasteiger partial charge in [0.2, 0.25) is 0 Å². The normalized spacial score (nSPS) is 19.7. The summed E-state index contributed by atoms with van der Waals surface area (Å²) in [6.07, 6.45) is 2.00. The summed E-state index contributed by atoms with van der Waals surface area (Å²) in [5.41, 5.74) is 2.56. The van der Waals surface area contributed by atoms with Crippen LogP contribution in [0.15, 0.2) is 48.5 Å². The first-order chi connectivity index (χ1) is 14.7. The highest BCUT2D eigenvalue weighted by Crippen LogP contribution is 2.19. The molecule has 30 heavy (non-hydrogen) atoms. The number of ether oxygens (including phenoxy) is 2. The molecule has 0 spiro atoms. The molecule has 1 unspecified atom stereocenters. The van der Waals surface area contributed by atoms with Gasteiger partial charge in [0.25, 0.3) is 5.91 Å². The molecule has 2 aliphatic heterocycles. The second-order valence-electron chi connectivity index (χ2n) is 8.04. The standard InChI is InChI=1S/C24H29FN2O3/c25-22-7-2-5-20(15-22)17-27(18-23-8-3-11-30-23)24(28)21-6-1-4-19(14-21)16-26-9-12-29-13-10-26/h1-2,4-7,14-15,23H,3,8-13,16-18H2. The van der Waals surface area contributed by atoms with Gasteiger partial charge in [0.05, 0.1) is 19.3 Å². The molecule has 2 fully saturated rings. The van der Waals surface area contributed by atoms with Crippen molar-refractivity contribution in [3.05, 3.63) is 71.0 Å². The Morgan fingerprint density at radius 2 is 1.87 bits per heavy atom. The molecule has 160 valence electrons. The molecule has 0 saturated carbocycles. The molecule has 2 aromatic carbocycles. The minimum absolute atomic E-state index is 0.0408. The Morgan fingerprint density at radius 3 is 2.63 bits per heavy atom. The molecule has 2 aliphatic rings. The van der Waals surface area contributed by atoms with Crippen LogP contribution in [0.3, 0.4) is 0 Å². The van der Waals surface area contributed by atoms with E-state index >= 15 is 0 Å². The van der Waals surface area contributed by atoms with E-state index in [2.05, 4.69) is 11.0 Å². The lowest BCUT2D eigenvalue weighted by molar-refractivity contribution is 0.0341. The molecule has 4 rings (SSSR count). The van der Waals surface area contributed by atoms with Crippen molar-refractivity contribution >= 4 is 5.91 Å². The summed E-state index contributed by atoms with van der Waals surface area (Å²) in [4.78, 5) is 17.5. The van der Waals surface area contributed by atoms with E-state index in [0.29, 0.717) is 18.7 Å². The third kappa shape index (κ3) is 5.65. The highest BCUT2D eigenvalue weighted by atomic mass is 19.1. The minimum Gasteiger partial charge on any atom is -0.379 e. The van der Waals surface area contributed by atoms with Gasteiger partial charge in [0.15, 0.2) is 0 Å². The van der Waals surface area contributed by atoms with Crippen molar-refractivity contribution in [2.24, 2.45) is 0 Å². The fourth-order valence-corrected chi connectivity index (χ4v) is 4.11. The average Bonchev–Trinajstić information content (AvgIpc) is 3.27. The first-order valence-corrected chi connectivity index (χ1v) is 10.7. The second kappa shape index (κ2) is 10.2. The monoisotopic (exact) mass is 412 g/mol. The highest BCUT2D eigenvalue weighted by Gasteiger charge is 2.24. The second-order valence-corrected chi connectivity index (χ2v) is 8.04. The van der Waals surface area contributed by atoms with Crippen LogP contribution in [0.1, 0.15) is 34.3 Å². The first kappa shape index (κ1) is 21.0. The van der Waals surface area contributed by atoms with Crippen LogP contribution >= 0.6 is 0 Å². The fourth-order valence-electron chi connectivity index (χ4n) is 4.11. The van der Waals surface area contributed by atoms with Crippen LogP contribution in [0.2, 0.25) is 0 Å². The summed E-state index contributed by atoms with van der Waals surface area (Å²) in [6, 6.07) is 14.3. The number of rotatable bonds is 7. The Labute approximate surface area is 177 Å². The van der Waals surface area contributed by atoms with Crippen LogP contribution < -0.4 is 0 Å². The van der Waals surface area contributed by atoms with Crippen LogP contribution in [-0.2, 0) is 22.6 Å². The molecule has 0 bridgehead atoms. The predicted molar refractivity (Wildman–Crippen MR) is 113 cm³/mol. The number of carbonyl (C=O) groups is 1. The van der Waals surface area contributed by atoms with Gasteiger partial charge in [-0.25, -0.2) is 4.39 Å². The van der Waals surface area contributed by atoms with Crippen LogP contribution in [-0.4, -0.2) is 61.3 Å². The molecule has 0 radical (unpaired) electrons. The van der Waals surface area contributed by atoms with E-state index in [4.69, 9.17) is 9.47 Å². The van der Waals surface area contributed by atoms with Gasteiger partial charge in [-0.15, -0.1) is 0 Å². The topological polar surface area (TPSA) is 42.0 Å². The zero-order valence-electron chi connectivity index (χ0n) is 17.3. The number of carbonyl (C=O) groups excluding carboxylic acids is 1. The smallest absolute Gasteiger partial charge is 0.254 e. The van der Waals surface area contributed by atoms with E-state index < -0.39 is 0 Å². The zero-order chi connectivity index (χ0) is 20.8. The summed E-state index contributed by atoms with van der Waals surface area (Å²) in [5.74, 6) is -0.330. The van der Waals surface area contributed by atoms with Gasteiger partial charge in [-0.2, -0.15) is 0 Å². The van der Waals surface area contributed by atoms with Crippen LogP contribution in [0.5, 0.6) is 0 Å². The molecule has 6 heteroatoms. The van der Waals surface area contributed by atoms with Crippen LogP contribution in [0, 0.1) is 5.82 Å². The Bertz CT molecular complexity index is 848. The van der Waals surface area contributed by atoms with Gasteiger partial charge in [-0.05, 0) is 48.2 Å². The number of halogens is 1. The molecular formula is C24H29FN2O3. The van der Waals surface area contributed by atoms with Crippen molar-refractivity contribution in [1.82, 2.24) is 9.80 Å². The summed E-state index contributed by atoms with van der Waals surface area (Å²) in [6.45, 7) is 5.74. The largest absolute Gasteiger partial charge is 0.379 e. The Hall–Kier alpha value is -2.28. The molecule has 5 nitrogen and oxygen atoms in total. The van der Waals surface area contributed by atoms with Crippen LogP contribution in [0.4, 0.5) is 4.39 Å². The van der Waals surface area contributed by atoms with Crippen molar-refractivity contribution in [1.29, 1.82) is 0 Å². The van der Waals surface area contributed by atoms with Gasteiger partial charge in [-0.3, -0.25) is 9.69 Å². The molecule has 0 N–H and O–H groups in total. The third-order valence-corrected chi connectivity index (χ3v) is 5.68. The maximum atomic E-state index is 13.7. The average molecular weight is 413 g/mol. The van der Waals surface area contributed by atoms with E-state index in [0.717, 1.165) is 63.4 Å². The van der Waals surface area contributed by atoms with Crippen molar-refractivity contribution in [2.45, 2.75) is 32.0 Å². The molecule has 2 heterocycles. The van der Waals surface area contributed by atoms with Gasteiger partial charge in [0.1, 0.15) is 5.82 Å². The number of nitrogens with zero attached hydrogens (tertiary/aromatic N) is 2. The number of hydrogen-bond donors (Lipinski definition) is 0. The lowest BCUT2D eigenvalue weighted by Gasteiger charge is -2.27. The molecule has 0 aliphatic carbocycles. The minimum atomic E-state index is -0.287. The summed E-state index contributed by atoms with van der Waals surface area (Å²) in [5, 5.41) is 0. The van der Waals surface area contributed by atoms with E-state index in [-0.39, 0.29) is 17.8 Å². The quantitative estimate of drug-likeness (QED) is 0.698. The Morgan fingerprint density at radius 1 is 1.07 bits per heavy atom. The number of morpholine rings is 1. The lowest BCUT2D eigenvalue weighted by Crippen LogP contribution is -2.37. The summed E-state index contributed by atoms with van der Waals surface area (Å²) < 4.78 is 24.9. The lowest BCUT2D eigenvalue weighted by atomic mass is 10.1. The number of amides is 1. The maximum Gasteiger partial charge on any atom is 0.254 e. The van der Waals surface area contributed by atoms with E-state index in [1.807, 2.05) is 24.3 Å². The SMILES string of the molecule is O=C(c1cccc(CN2CCOCC2)c1)N(Cc1cccc(F)c1)CC1CCCO1. The van der Waals surface area contributed by atoms with Gasteiger partial charge >= 0.3 is 0 Å². The van der Waals surface area contributed by atoms with Crippen molar-refractivity contribution in [3.8, 4) is 0 Å².